The summed E-state index contributed by atoms with van der Waals surface area (Å²) in [4.78, 5) is 19.4. The second-order valence-electron chi connectivity index (χ2n) is 4.48. The fourth-order valence-electron chi connectivity index (χ4n) is 2.03. The molecule has 1 amide bonds. The maximum absolute atomic E-state index is 12.4. The van der Waals surface area contributed by atoms with E-state index in [9.17, 15) is 4.79 Å². The van der Waals surface area contributed by atoms with Crippen molar-refractivity contribution in [3.63, 3.8) is 0 Å². The van der Waals surface area contributed by atoms with Gasteiger partial charge in [0.1, 0.15) is 0 Å². The van der Waals surface area contributed by atoms with Crippen molar-refractivity contribution in [3.8, 4) is 0 Å². The van der Waals surface area contributed by atoms with Gasteiger partial charge in [-0.2, -0.15) is 0 Å². The Bertz CT molecular complexity index is 670. The van der Waals surface area contributed by atoms with Crippen LogP contribution < -0.4 is 0 Å². The number of thioether (sulfide) groups is 1. The second-order valence-corrected chi connectivity index (χ2v) is 6.78. The Morgan fingerprint density at radius 2 is 2.19 bits per heavy atom. The van der Waals surface area contributed by atoms with Gasteiger partial charge < -0.3 is 0 Å². The molecule has 1 aliphatic heterocycles. The molecule has 0 bridgehead atoms. The third kappa shape index (κ3) is 3.31. The first kappa shape index (κ1) is 14.6. The predicted octanol–water partition coefficient (Wildman–Crippen LogP) is 4.15. The van der Waals surface area contributed by atoms with Crippen LogP contribution in [-0.2, 0) is 5.75 Å². The summed E-state index contributed by atoms with van der Waals surface area (Å²) in [6, 6.07) is 11.5. The number of halogens is 1. The first-order valence-electron chi connectivity index (χ1n) is 6.52. The van der Waals surface area contributed by atoms with Gasteiger partial charge in [-0.05, 0) is 23.1 Å². The maximum Gasteiger partial charge on any atom is 0.269 e. The molecule has 0 N–H and O–H groups in total. The van der Waals surface area contributed by atoms with Gasteiger partial charge in [0.15, 0.2) is 5.17 Å². The normalized spacial score (nSPS) is 14.3. The van der Waals surface area contributed by atoms with E-state index in [4.69, 9.17) is 11.6 Å². The quantitative estimate of drug-likeness (QED) is 0.843. The molecule has 2 heterocycles. The molecule has 0 saturated heterocycles. The number of rotatable bonds is 3. The van der Waals surface area contributed by atoms with Crippen LogP contribution in [0.25, 0.3) is 0 Å². The third-order valence-electron chi connectivity index (χ3n) is 3.09. The lowest BCUT2D eigenvalue weighted by molar-refractivity contribution is 0.0865. The number of nitrogens with zero attached hydrogens (tertiary/aromatic N) is 2. The van der Waals surface area contributed by atoms with Gasteiger partial charge >= 0.3 is 0 Å². The van der Waals surface area contributed by atoms with Gasteiger partial charge in [0, 0.05) is 17.3 Å². The van der Waals surface area contributed by atoms with Crippen LogP contribution in [0.4, 0.5) is 0 Å². The SMILES string of the molecule is O=C(c1cccs1)N1CCN=C1SCc1ccccc1Cl. The number of aliphatic imine (C=N–C) groups is 1. The topological polar surface area (TPSA) is 32.7 Å². The van der Waals surface area contributed by atoms with E-state index >= 15 is 0 Å². The Balaban J connectivity index is 1.68. The Kier molecular flexibility index (Phi) is 4.63. The summed E-state index contributed by atoms with van der Waals surface area (Å²) in [5, 5.41) is 3.45. The average Bonchev–Trinajstić information content (AvgIpc) is 3.17. The number of amides is 1. The van der Waals surface area contributed by atoms with E-state index < -0.39 is 0 Å². The second kappa shape index (κ2) is 6.64. The number of hydrogen-bond acceptors (Lipinski definition) is 4. The number of benzene rings is 1. The van der Waals surface area contributed by atoms with E-state index in [1.807, 2.05) is 41.8 Å². The first-order valence-corrected chi connectivity index (χ1v) is 8.76. The zero-order chi connectivity index (χ0) is 14.7. The van der Waals surface area contributed by atoms with Crippen LogP contribution in [0.3, 0.4) is 0 Å². The lowest BCUT2D eigenvalue weighted by Crippen LogP contribution is -2.32. The van der Waals surface area contributed by atoms with Crippen molar-refractivity contribution in [2.24, 2.45) is 4.99 Å². The molecular formula is C15H13ClN2OS2. The minimum Gasteiger partial charge on any atom is -0.285 e. The summed E-state index contributed by atoms with van der Waals surface area (Å²) in [6.45, 7) is 1.32. The van der Waals surface area contributed by atoms with E-state index in [-0.39, 0.29) is 5.91 Å². The Hall–Kier alpha value is -1.30. The monoisotopic (exact) mass is 336 g/mol. The zero-order valence-corrected chi connectivity index (χ0v) is 13.5. The number of hydrogen-bond donors (Lipinski definition) is 0. The molecule has 108 valence electrons. The van der Waals surface area contributed by atoms with Crippen molar-refractivity contribution in [1.82, 2.24) is 4.90 Å². The number of carbonyl (C=O) groups is 1. The summed E-state index contributed by atoms with van der Waals surface area (Å²) in [6.07, 6.45) is 0. The maximum atomic E-state index is 12.4. The molecule has 0 unspecified atom stereocenters. The molecular weight excluding hydrogens is 324 g/mol. The minimum absolute atomic E-state index is 0.0351. The summed E-state index contributed by atoms with van der Waals surface area (Å²) in [7, 11) is 0. The molecule has 1 aliphatic rings. The van der Waals surface area contributed by atoms with Crippen LogP contribution in [0.2, 0.25) is 5.02 Å². The summed E-state index contributed by atoms with van der Waals surface area (Å²) in [5.74, 6) is 0.750. The molecule has 0 spiro atoms. The highest BCUT2D eigenvalue weighted by atomic mass is 35.5. The van der Waals surface area contributed by atoms with Gasteiger partial charge in [-0.1, -0.05) is 47.6 Å². The molecule has 0 atom stereocenters. The van der Waals surface area contributed by atoms with E-state index in [0.29, 0.717) is 18.8 Å². The van der Waals surface area contributed by atoms with Crippen molar-refractivity contribution in [2.75, 3.05) is 13.1 Å². The Morgan fingerprint density at radius 3 is 2.95 bits per heavy atom. The predicted molar refractivity (Wildman–Crippen MR) is 90.4 cm³/mol. The lowest BCUT2D eigenvalue weighted by atomic mass is 10.2. The first-order chi connectivity index (χ1) is 10.3. The van der Waals surface area contributed by atoms with E-state index in [1.54, 1.807) is 16.7 Å². The van der Waals surface area contributed by atoms with Gasteiger partial charge in [-0.15, -0.1) is 11.3 Å². The standard InChI is InChI=1S/C15H13ClN2OS2/c16-12-5-2-1-4-11(12)10-21-15-17-7-8-18(15)14(19)13-6-3-9-20-13/h1-6,9H,7-8,10H2. The average molecular weight is 337 g/mol. The highest BCUT2D eigenvalue weighted by Crippen LogP contribution is 2.25. The smallest absolute Gasteiger partial charge is 0.269 e. The molecule has 6 heteroatoms. The van der Waals surface area contributed by atoms with Crippen molar-refractivity contribution in [2.45, 2.75) is 5.75 Å². The number of carbonyl (C=O) groups excluding carboxylic acids is 1. The molecule has 0 fully saturated rings. The molecule has 0 saturated carbocycles. The van der Waals surface area contributed by atoms with Crippen molar-refractivity contribution in [3.05, 3.63) is 57.2 Å². The van der Waals surface area contributed by atoms with Gasteiger partial charge in [0.05, 0.1) is 11.4 Å². The molecule has 0 aliphatic carbocycles. The summed E-state index contributed by atoms with van der Waals surface area (Å²) < 4.78 is 0. The largest absolute Gasteiger partial charge is 0.285 e. The Morgan fingerprint density at radius 1 is 1.33 bits per heavy atom. The lowest BCUT2D eigenvalue weighted by Gasteiger charge is -2.17. The van der Waals surface area contributed by atoms with Gasteiger partial charge in [-0.25, -0.2) is 0 Å². The molecule has 2 aromatic rings. The van der Waals surface area contributed by atoms with Gasteiger partial charge in [0.25, 0.3) is 5.91 Å². The minimum atomic E-state index is 0.0351. The van der Waals surface area contributed by atoms with Crippen LogP contribution >= 0.6 is 34.7 Å². The van der Waals surface area contributed by atoms with E-state index in [2.05, 4.69) is 4.99 Å². The highest BCUT2D eigenvalue weighted by Gasteiger charge is 2.25. The fraction of sp³-hybridized carbons (Fsp3) is 0.200. The van der Waals surface area contributed by atoms with Crippen LogP contribution in [0.1, 0.15) is 15.2 Å². The third-order valence-corrected chi connectivity index (χ3v) is 5.38. The summed E-state index contributed by atoms with van der Waals surface area (Å²) >= 11 is 9.18. The van der Waals surface area contributed by atoms with Crippen molar-refractivity contribution < 1.29 is 4.79 Å². The fourth-order valence-corrected chi connectivity index (χ4v) is 4.03. The molecule has 0 radical (unpaired) electrons. The zero-order valence-electron chi connectivity index (χ0n) is 11.2. The summed E-state index contributed by atoms with van der Waals surface area (Å²) in [5.41, 5.74) is 1.06. The number of thiophene rings is 1. The van der Waals surface area contributed by atoms with Crippen molar-refractivity contribution in [1.29, 1.82) is 0 Å². The molecule has 1 aromatic carbocycles. The van der Waals surface area contributed by atoms with Gasteiger partial charge in [-0.3, -0.25) is 14.7 Å². The molecule has 3 nitrogen and oxygen atoms in total. The van der Waals surface area contributed by atoms with Crippen LogP contribution in [-0.4, -0.2) is 29.1 Å². The van der Waals surface area contributed by atoms with Gasteiger partial charge in [0.2, 0.25) is 0 Å². The number of amidine groups is 1. The van der Waals surface area contributed by atoms with Crippen LogP contribution in [0.5, 0.6) is 0 Å². The van der Waals surface area contributed by atoms with Crippen LogP contribution in [0.15, 0.2) is 46.8 Å². The van der Waals surface area contributed by atoms with E-state index in [0.717, 1.165) is 20.6 Å². The highest BCUT2D eigenvalue weighted by molar-refractivity contribution is 8.13. The molecule has 21 heavy (non-hydrogen) atoms. The molecule has 1 aromatic heterocycles. The molecule has 3 rings (SSSR count). The Labute approximate surface area is 136 Å². The van der Waals surface area contributed by atoms with Crippen molar-refractivity contribution >= 4 is 45.8 Å². The van der Waals surface area contributed by atoms with E-state index in [1.165, 1.54) is 11.3 Å². The van der Waals surface area contributed by atoms with Crippen LogP contribution in [0, 0.1) is 0 Å².